The van der Waals surface area contributed by atoms with Gasteiger partial charge in [-0.15, -0.1) is 0 Å². The minimum Gasteiger partial charge on any atom is -0.486 e. The molecule has 0 fully saturated rings. The fraction of sp³-hybridized carbons (Fsp3) is 0.115. The van der Waals surface area contributed by atoms with Crippen molar-refractivity contribution in [3.05, 3.63) is 101 Å². The third kappa shape index (κ3) is 4.34. The van der Waals surface area contributed by atoms with E-state index in [4.69, 9.17) is 9.47 Å². The zero-order valence-corrected chi connectivity index (χ0v) is 17.8. The van der Waals surface area contributed by atoms with Gasteiger partial charge in [-0.3, -0.25) is 14.5 Å². The number of anilines is 2. The Hall–Kier alpha value is -4.39. The molecule has 0 radical (unpaired) electrons. The van der Waals surface area contributed by atoms with Crippen molar-refractivity contribution in [2.45, 2.75) is 6.54 Å². The highest BCUT2D eigenvalue weighted by Crippen LogP contribution is 2.33. The Labute approximate surface area is 190 Å². The largest absolute Gasteiger partial charge is 0.486 e. The topological polar surface area (TPSA) is 73.7 Å². The molecule has 1 amide bonds. The van der Waals surface area contributed by atoms with Crippen LogP contribution in [0.3, 0.4) is 0 Å². The number of amides is 1. The summed E-state index contributed by atoms with van der Waals surface area (Å²) in [5.74, 6) is 1.03. The Morgan fingerprint density at radius 3 is 2.12 bits per heavy atom. The molecule has 7 nitrogen and oxygen atoms in total. The van der Waals surface area contributed by atoms with Crippen LogP contribution in [0.15, 0.2) is 95.8 Å². The predicted molar refractivity (Wildman–Crippen MR) is 125 cm³/mol. The first kappa shape index (κ1) is 20.5. The first-order chi connectivity index (χ1) is 16.2. The van der Waals surface area contributed by atoms with Crippen molar-refractivity contribution in [3.8, 4) is 22.8 Å². The Bertz CT molecular complexity index is 1300. The number of hydrogen-bond acceptors (Lipinski definition) is 5. The quantitative estimate of drug-likeness (QED) is 0.469. The van der Waals surface area contributed by atoms with Crippen molar-refractivity contribution in [1.29, 1.82) is 0 Å². The number of nitrogens with zero attached hydrogens (tertiary/aromatic N) is 3. The van der Waals surface area contributed by atoms with Gasteiger partial charge in [0.15, 0.2) is 11.5 Å². The molecule has 0 bridgehead atoms. The minimum atomic E-state index is -0.356. The van der Waals surface area contributed by atoms with Crippen LogP contribution in [0.25, 0.3) is 11.3 Å². The van der Waals surface area contributed by atoms with E-state index in [1.807, 2.05) is 78.9 Å². The first-order valence-electron chi connectivity index (χ1n) is 10.6. The van der Waals surface area contributed by atoms with Crippen molar-refractivity contribution in [2.75, 3.05) is 18.1 Å². The zero-order valence-electron chi connectivity index (χ0n) is 17.8. The van der Waals surface area contributed by atoms with Gasteiger partial charge in [0.1, 0.15) is 19.8 Å². The number of rotatable bonds is 5. The first-order valence-corrected chi connectivity index (χ1v) is 10.6. The molecule has 3 aromatic carbocycles. The average molecular weight is 439 g/mol. The molecule has 0 spiro atoms. The molecule has 7 heteroatoms. The summed E-state index contributed by atoms with van der Waals surface area (Å²) in [5, 5.41) is 4.46. The van der Waals surface area contributed by atoms with E-state index >= 15 is 0 Å². The van der Waals surface area contributed by atoms with E-state index < -0.39 is 0 Å². The lowest BCUT2D eigenvalue weighted by Crippen LogP contribution is -2.34. The summed E-state index contributed by atoms with van der Waals surface area (Å²) in [5.41, 5.74) is 2.40. The molecule has 0 atom stereocenters. The van der Waals surface area contributed by atoms with E-state index in [1.165, 1.54) is 10.7 Å². The summed E-state index contributed by atoms with van der Waals surface area (Å²) in [4.78, 5) is 27.5. The van der Waals surface area contributed by atoms with Gasteiger partial charge in [-0.25, -0.2) is 4.68 Å². The fourth-order valence-corrected chi connectivity index (χ4v) is 3.71. The Morgan fingerprint density at radius 1 is 0.818 bits per heavy atom. The van der Waals surface area contributed by atoms with Gasteiger partial charge < -0.3 is 9.47 Å². The van der Waals surface area contributed by atoms with Crippen LogP contribution >= 0.6 is 0 Å². The van der Waals surface area contributed by atoms with Gasteiger partial charge >= 0.3 is 0 Å². The highest BCUT2D eigenvalue weighted by atomic mass is 16.6. The van der Waals surface area contributed by atoms with Crippen LogP contribution in [0, 0.1) is 0 Å². The van der Waals surface area contributed by atoms with Gasteiger partial charge in [-0.2, -0.15) is 5.10 Å². The van der Waals surface area contributed by atoms with Crippen LogP contribution in [0.1, 0.15) is 0 Å². The third-order valence-electron chi connectivity index (χ3n) is 5.27. The Balaban J connectivity index is 1.47. The molecule has 4 aromatic rings. The number of fused-ring (bicyclic) bond motifs is 1. The molecule has 164 valence electrons. The summed E-state index contributed by atoms with van der Waals surface area (Å²) in [7, 11) is 0. The molecule has 2 heterocycles. The molecule has 5 rings (SSSR count). The average Bonchev–Trinajstić information content (AvgIpc) is 2.86. The van der Waals surface area contributed by atoms with Crippen LogP contribution in [0.4, 0.5) is 11.4 Å². The van der Waals surface area contributed by atoms with Crippen molar-refractivity contribution >= 4 is 17.3 Å². The number of para-hydroxylation sites is 2. The molecule has 1 aliphatic rings. The maximum atomic E-state index is 13.4. The number of benzene rings is 3. The highest BCUT2D eigenvalue weighted by Gasteiger charge is 2.20. The van der Waals surface area contributed by atoms with Gasteiger partial charge in [0.25, 0.3) is 11.5 Å². The van der Waals surface area contributed by atoms with E-state index in [0.29, 0.717) is 41.8 Å². The van der Waals surface area contributed by atoms with Crippen molar-refractivity contribution in [2.24, 2.45) is 0 Å². The highest BCUT2D eigenvalue weighted by molar-refractivity contribution is 6.00. The molecular weight excluding hydrogens is 418 g/mol. The lowest BCUT2D eigenvalue weighted by atomic mass is 10.1. The maximum Gasteiger partial charge on any atom is 0.267 e. The smallest absolute Gasteiger partial charge is 0.267 e. The number of carbonyl (C=O) groups excluding carboxylic acids is 1. The van der Waals surface area contributed by atoms with Crippen LogP contribution < -0.4 is 19.9 Å². The lowest BCUT2D eigenvalue weighted by molar-refractivity contribution is -0.118. The second-order valence-corrected chi connectivity index (χ2v) is 7.47. The molecule has 33 heavy (non-hydrogen) atoms. The molecule has 0 aliphatic carbocycles. The van der Waals surface area contributed by atoms with Gasteiger partial charge in [0.2, 0.25) is 0 Å². The second-order valence-electron chi connectivity index (χ2n) is 7.47. The Kier molecular flexibility index (Phi) is 5.59. The maximum absolute atomic E-state index is 13.4. The van der Waals surface area contributed by atoms with Crippen LogP contribution in [0.2, 0.25) is 0 Å². The molecule has 0 saturated heterocycles. The molecule has 0 unspecified atom stereocenters. The van der Waals surface area contributed by atoms with E-state index in [1.54, 1.807) is 11.0 Å². The summed E-state index contributed by atoms with van der Waals surface area (Å²) in [6.45, 7) is 0.782. The lowest BCUT2D eigenvalue weighted by Gasteiger charge is -2.23. The number of aromatic nitrogens is 2. The molecular formula is C26H21N3O4. The molecule has 0 N–H and O–H groups in total. The van der Waals surface area contributed by atoms with E-state index in [9.17, 15) is 9.59 Å². The second kappa shape index (κ2) is 9.00. The monoisotopic (exact) mass is 439 g/mol. The zero-order chi connectivity index (χ0) is 22.6. The molecule has 0 saturated carbocycles. The normalized spacial score (nSPS) is 12.2. The molecule has 1 aromatic heterocycles. The number of ether oxygens (including phenoxy) is 2. The standard InChI is InChI=1S/C26H21N3O4/c30-25-14-12-22(19-11-13-23-24(17-19)33-16-15-32-23)27-28(25)18-26(31)29(20-7-3-1-4-8-20)21-9-5-2-6-10-21/h1-14,17H,15-16,18H2. The SMILES string of the molecule is O=C(Cn1nc(-c2ccc3c(c2)OCCO3)ccc1=O)N(c1ccccc1)c1ccccc1. The number of carbonyl (C=O) groups is 1. The Morgan fingerprint density at radius 2 is 1.45 bits per heavy atom. The van der Waals surface area contributed by atoms with E-state index in [0.717, 1.165) is 5.56 Å². The predicted octanol–water partition coefficient (Wildman–Crippen LogP) is 4.05. The van der Waals surface area contributed by atoms with Crippen molar-refractivity contribution < 1.29 is 14.3 Å². The van der Waals surface area contributed by atoms with Crippen LogP contribution in [-0.2, 0) is 11.3 Å². The fourth-order valence-electron chi connectivity index (χ4n) is 3.71. The van der Waals surface area contributed by atoms with Gasteiger partial charge in [0, 0.05) is 23.0 Å². The van der Waals surface area contributed by atoms with Gasteiger partial charge in [0.05, 0.1) is 5.69 Å². The number of hydrogen-bond donors (Lipinski definition) is 0. The van der Waals surface area contributed by atoms with Crippen molar-refractivity contribution in [3.63, 3.8) is 0 Å². The van der Waals surface area contributed by atoms with E-state index in [2.05, 4.69) is 5.10 Å². The van der Waals surface area contributed by atoms with Crippen molar-refractivity contribution in [1.82, 2.24) is 9.78 Å². The molecule has 1 aliphatic heterocycles. The summed E-state index contributed by atoms with van der Waals surface area (Å²) >= 11 is 0. The summed E-state index contributed by atoms with van der Waals surface area (Å²) in [6.07, 6.45) is 0. The van der Waals surface area contributed by atoms with Crippen LogP contribution in [-0.4, -0.2) is 28.9 Å². The van der Waals surface area contributed by atoms with Gasteiger partial charge in [-0.1, -0.05) is 36.4 Å². The van der Waals surface area contributed by atoms with E-state index in [-0.39, 0.29) is 18.0 Å². The van der Waals surface area contributed by atoms with Gasteiger partial charge in [-0.05, 0) is 48.5 Å². The summed E-state index contributed by atoms with van der Waals surface area (Å²) < 4.78 is 12.4. The minimum absolute atomic E-state index is 0.207. The summed E-state index contributed by atoms with van der Waals surface area (Å²) in [6, 6.07) is 27.2. The third-order valence-corrected chi connectivity index (χ3v) is 5.27. The van der Waals surface area contributed by atoms with Crippen LogP contribution in [0.5, 0.6) is 11.5 Å².